The summed E-state index contributed by atoms with van der Waals surface area (Å²) in [4.78, 5) is 16.1. The van der Waals surface area contributed by atoms with E-state index in [2.05, 4.69) is 19.4 Å². The Balaban J connectivity index is 2.09. The highest BCUT2D eigenvalue weighted by atomic mass is 32.2. The highest BCUT2D eigenvalue weighted by Crippen LogP contribution is 2.43. The smallest absolute Gasteiger partial charge is 0.439 e. The van der Waals surface area contributed by atoms with E-state index in [0.29, 0.717) is 46.7 Å². The molecule has 0 aliphatic carbocycles. The molecule has 3 aromatic rings. The zero-order valence-corrected chi connectivity index (χ0v) is 18.0. The van der Waals surface area contributed by atoms with E-state index in [1.807, 2.05) is 11.9 Å². The number of methoxy groups -OCH3 is 1. The van der Waals surface area contributed by atoms with Crippen LogP contribution >= 0.6 is 0 Å². The number of hydrogen-bond acceptors (Lipinski definition) is 7. The van der Waals surface area contributed by atoms with Crippen molar-refractivity contribution in [3.05, 3.63) is 51.8 Å². The van der Waals surface area contributed by atoms with Gasteiger partial charge in [0, 0.05) is 24.2 Å². The second-order valence-corrected chi connectivity index (χ2v) is 9.20. The zero-order chi connectivity index (χ0) is 22.3. The molecule has 1 aromatic heterocycles. The van der Waals surface area contributed by atoms with Crippen LogP contribution in [0.5, 0.6) is 5.75 Å². The lowest BCUT2D eigenvalue weighted by Gasteiger charge is -2.30. The Morgan fingerprint density at radius 1 is 1.23 bits per heavy atom. The fourth-order valence-electron chi connectivity index (χ4n) is 3.86. The van der Waals surface area contributed by atoms with E-state index in [-0.39, 0.29) is 5.82 Å². The third kappa shape index (κ3) is 4.19. The maximum absolute atomic E-state index is 14.2. The van der Waals surface area contributed by atoms with Crippen molar-refractivity contribution in [3.8, 4) is 28.3 Å². The maximum Gasteiger partial charge on any atom is 0.439 e. The molecule has 0 saturated carbocycles. The lowest BCUT2D eigenvalue weighted by atomic mass is 9.86. The first-order valence-corrected chi connectivity index (χ1v) is 11.3. The highest BCUT2D eigenvalue weighted by Gasteiger charge is 2.28. The number of H-pyrrole nitrogens is 1. The van der Waals surface area contributed by atoms with Crippen LogP contribution < -0.4 is 15.2 Å². The number of aromatic nitrogens is 2. The second kappa shape index (κ2) is 7.82. The number of ether oxygens (including phenoxy) is 1. The normalized spacial score (nSPS) is 14.3. The van der Waals surface area contributed by atoms with E-state index in [1.165, 1.54) is 25.3 Å². The van der Waals surface area contributed by atoms with Gasteiger partial charge in [0.05, 0.1) is 19.1 Å². The van der Waals surface area contributed by atoms with Crippen molar-refractivity contribution in [1.82, 2.24) is 15.0 Å². The van der Waals surface area contributed by atoms with Crippen molar-refractivity contribution in [1.29, 1.82) is 0 Å². The van der Waals surface area contributed by atoms with E-state index < -0.39 is 21.6 Å². The third-order valence-corrected chi connectivity index (χ3v) is 5.73. The van der Waals surface area contributed by atoms with Crippen LogP contribution in [0.1, 0.15) is 11.1 Å². The summed E-state index contributed by atoms with van der Waals surface area (Å²) in [6.07, 6.45) is 1.65. The molecule has 1 aliphatic heterocycles. The number of sulfonamides is 1. The molecule has 0 radical (unpaired) electrons. The van der Waals surface area contributed by atoms with Gasteiger partial charge in [-0.1, -0.05) is 5.16 Å². The van der Waals surface area contributed by atoms with Crippen molar-refractivity contribution in [3.63, 3.8) is 0 Å². The van der Waals surface area contributed by atoms with Gasteiger partial charge in [0.25, 0.3) is 0 Å². The standard InChI is InChI=1S/C20H21FN4O5S/c1-25-7-6-12-13(14-8-11(21)4-5-17(14)29-2)9-15(19-22-20(26)30-23-19)18(16(12)10-25)24-31(3,27)28/h4-5,8-9,24H,6-7,10H2,1-3H3,(H,22,23,26). The van der Waals surface area contributed by atoms with Gasteiger partial charge in [-0.15, -0.1) is 0 Å². The van der Waals surface area contributed by atoms with Gasteiger partial charge < -0.3 is 9.64 Å². The van der Waals surface area contributed by atoms with Crippen molar-refractivity contribution in [2.24, 2.45) is 0 Å². The monoisotopic (exact) mass is 448 g/mol. The van der Waals surface area contributed by atoms with Crippen LogP contribution in [0.15, 0.2) is 33.6 Å². The third-order valence-electron chi connectivity index (χ3n) is 5.16. The minimum Gasteiger partial charge on any atom is -0.496 e. The van der Waals surface area contributed by atoms with E-state index in [4.69, 9.17) is 4.74 Å². The molecule has 0 spiro atoms. The lowest BCUT2D eigenvalue weighted by Crippen LogP contribution is -2.29. The molecule has 0 bridgehead atoms. The molecule has 2 heterocycles. The van der Waals surface area contributed by atoms with Gasteiger partial charge >= 0.3 is 5.76 Å². The second-order valence-electron chi connectivity index (χ2n) is 7.45. The Hall–Kier alpha value is -3.18. The average molecular weight is 448 g/mol. The lowest BCUT2D eigenvalue weighted by molar-refractivity contribution is 0.314. The largest absolute Gasteiger partial charge is 0.496 e. The Morgan fingerprint density at radius 2 is 2.00 bits per heavy atom. The molecule has 11 heteroatoms. The summed E-state index contributed by atoms with van der Waals surface area (Å²) < 4.78 is 51.1. The molecular weight excluding hydrogens is 427 g/mol. The molecule has 0 fully saturated rings. The summed E-state index contributed by atoms with van der Waals surface area (Å²) in [6.45, 7) is 1.17. The first kappa shape index (κ1) is 21.1. The van der Waals surface area contributed by atoms with Gasteiger partial charge in [-0.2, -0.15) is 0 Å². The number of aromatic amines is 1. The minimum atomic E-state index is -3.65. The number of fused-ring (bicyclic) bond motifs is 1. The maximum atomic E-state index is 14.2. The van der Waals surface area contributed by atoms with Crippen molar-refractivity contribution < 1.29 is 22.1 Å². The van der Waals surface area contributed by atoms with Gasteiger partial charge in [0.15, 0.2) is 5.82 Å². The summed E-state index contributed by atoms with van der Waals surface area (Å²) >= 11 is 0. The Kier molecular flexibility index (Phi) is 5.31. The predicted octanol–water partition coefficient (Wildman–Crippen LogP) is 2.20. The number of hydrogen-bond donors (Lipinski definition) is 2. The van der Waals surface area contributed by atoms with Crippen LogP contribution in [0.2, 0.25) is 0 Å². The molecular formula is C20H21FN4O5S. The van der Waals surface area contributed by atoms with Crippen LogP contribution in [0.25, 0.3) is 22.5 Å². The topological polar surface area (TPSA) is 118 Å². The molecule has 2 aromatic carbocycles. The number of nitrogens with one attached hydrogen (secondary N) is 2. The Labute approximate surface area is 177 Å². The van der Waals surface area contributed by atoms with Gasteiger partial charge in [0.1, 0.15) is 11.6 Å². The van der Waals surface area contributed by atoms with Crippen LogP contribution in [-0.2, 0) is 23.0 Å². The number of nitrogens with zero attached hydrogens (tertiary/aromatic N) is 2. The molecule has 4 rings (SSSR count). The molecule has 9 nitrogen and oxygen atoms in total. The van der Waals surface area contributed by atoms with Gasteiger partial charge in [-0.05, 0) is 54.4 Å². The zero-order valence-electron chi connectivity index (χ0n) is 17.2. The van der Waals surface area contributed by atoms with E-state index in [1.54, 1.807) is 6.07 Å². The quantitative estimate of drug-likeness (QED) is 0.614. The molecule has 2 N–H and O–H groups in total. The number of likely N-dealkylation sites (N-methyl/N-ethyl adjacent to an activating group) is 1. The number of halogens is 1. The van der Waals surface area contributed by atoms with Gasteiger partial charge in [0.2, 0.25) is 10.0 Å². The first-order chi connectivity index (χ1) is 14.7. The Morgan fingerprint density at radius 3 is 2.65 bits per heavy atom. The SMILES string of the molecule is COc1ccc(F)cc1-c1cc(-c2noc(=O)[nH]2)c(NS(C)(=O)=O)c2c1CCN(C)C2. The van der Waals surface area contributed by atoms with Gasteiger partial charge in [-0.25, -0.2) is 17.6 Å². The average Bonchev–Trinajstić information content (AvgIpc) is 3.13. The number of benzene rings is 2. The summed E-state index contributed by atoms with van der Waals surface area (Å²) in [6, 6.07) is 5.87. The van der Waals surface area contributed by atoms with Crippen molar-refractivity contribution in [2.75, 3.05) is 31.7 Å². The summed E-state index contributed by atoms with van der Waals surface area (Å²) in [5.41, 5.74) is 3.36. The predicted molar refractivity (Wildman–Crippen MR) is 113 cm³/mol. The molecule has 0 saturated heterocycles. The summed E-state index contributed by atoms with van der Waals surface area (Å²) in [5, 5.41) is 3.74. The fourth-order valence-corrected chi connectivity index (χ4v) is 4.46. The molecule has 164 valence electrons. The summed E-state index contributed by atoms with van der Waals surface area (Å²) in [7, 11) is -0.243. The van der Waals surface area contributed by atoms with E-state index in [9.17, 15) is 17.6 Å². The van der Waals surface area contributed by atoms with Gasteiger partial charge in [-0.3, -0.25) is 14.2 Å². The molecule has 1 aliphatic rings. The highest BCUT2D eigenvalue weighted by molar-refractivity contribution is 7.92. The van der Waals surface area contributed by atoms with Crippen molar-refractivity contribution in [2.45, 2.75) is 13.0 Å². The van der Waals surface area contributed by atoms with Crippen molar-refractivity contribution >= 4 is 15.7 Å². The van der Waals surface area contributed by atoms with Crippen LogP contribution in [0, 0.1) is 5.82 Å². The number of rotatable bonds is 5. The Bertz CT molecular complexity index is 1320. The molecule has 0 atom stereocenters. The van der Waals surface area contributed by atoms with Crippen LogP contribution in [0.4, 0.5) is 10.1 Å². The molecule has 0 amide bonds. The van der Waals surface area contributed by atoms with E-state index in [0.717, 1.165) is 18.4 Å². The molecule has 0 unspecified atom stereocenters. The molecule has 31 heavy (non-hydrogen) atoms. The summed E-state index contributed by atoms with van der Waals surface area (Å²) in [5.74, 6) is -0.693. The number of anilines is 1. The van der Waals surface area contributed by atoms with E-state index >= 15 is 0 Å². The minimum absolute atomic E-state index is 0.0591. The first-order valence-electron chi connectivity index (χ1n) is 9.41. The fraction of sp³-hybridized carbons (Fsp3) is 0.300. The van der Waals surface area contributed by atoms with Crippen LogP contribution in [-0.4, -0.2) is 50.4 Å². The van der Waals surface area contributed by atoms with Crippen LogP contribution in [0.3, 0.4) is 0 Å².